The Kier molecular flexibility index (Phi) is 12.3. The quantitative estimate of drug-likeness (QED) is 0.259. The normalized spacial score (nSPS) is 13.2. The summed E-state index contributed by atoms with van der Waals surface area (Å²) in [6.07, 6.45) is 11.2. The summed E-state index contributed by atoms with van der Waals surface area (Å²) in [5.74, 6) is 0.551. The van der Waals surface area contributed by atoms with Crippen LogP contribution < -0.4 is 0 Å². The molecule has 1 unspecified atom stereocenters. The van der Waals surface area contributed by atoms with E-state index in [1.165, 1.54) is 57.4 Å². The molecule has 0 aliphatic rings. The molecule has 0 aliphatic heterocycles. The van der Waals surface area contributed by atoms with Gasteiger partial charge in [0.05, 0.1) is 0 Å². The number of rotatable bonds is 14. The minimum atomic E-state index is -2.27. The molecule has 0 heterocycles. The number of carbonyl (C=O) groups excluding carboxylic acids is 1. The second kappa shape index (κ2) is 13.6. The van der Waals surface area contributed by atoms with E-state index in [9.17, 15) is 4.79 Å². The van der Waals surface area contributed by atoms with Crippen molar-refractivity contribution in [2.45, 2.75) is 91.9 Å². The zero-order chi connectivity index (χ0) is 19.3. The van der Waals surface area contributed by atoms with Crippen LogP contribution in [0.2, 0.25) is 13.3 Å². The molecule has 1 atom stereocenters. The molecule has 0 saturated carbocycles. The number of carbonyl (C=O) groups is 1. The van der Waals surface area contributed by atoms with Gasteiger partial charge in [0.25, 0.3) is 0 Å². The summed E-state index contributed by atoms with van der Waals surface area (Å²) in [5, 5.41) is 0. The van der Waals surface area contributed by atoms with Gasteiger partial charge in [-0.2, -0.15) is 0 Å². The first kappa shape index (κ1) is 23.5. The fourth-order valence-corrected chi connectivity index (χ4v) is 18.3. The molecule has 0 saturated heterocycles. The molecule has 0 spiro atoms. The third-order valence-electron chi connectivity index (χ3n) is 5.50. The molecular weight excluding hydrogens is 423 g/mol. The number of Topliss-reactive ketones (excluding diaryl/α,β-unsaturated/α-hetero) is 1. The molecule has 0 amide bonds. The molecule has 146 valence electrons. The van der Waals surface area contributed by atoms with Gasteiger partial charge in [0.2, 0.25) is 0 Å². The van der Waals surface area contributed by atoms with Gasteiger partial charge in [-0.05, 0) is 0 Å². The Hall–Kier alpha value is -0.571. The third kappa shape index (κ3) is 8.88. The second-order valence-electron chi connectivity index (χ2n) is 7.96. The summed E-state index contributed by atoms with van der Waals surface area (Å²) < 4.78 is 7.19. The predicted octanol–water partition coefficient (Wildman–Crippen LogP) is 7.69. The van der Waals surface area contributed by atoms with Gasteiger partial charge in [0, 0.05) is 0 Å². The van der Waals surface area contributed by atoms with E-state index in [2.05, 4.69) is 61.3 Å². The molecule has 26 heavy (non-hydrogen) atoms. The van der Waals surface area contributed by atoms with E-state index in [0.29, 0.717) is 12.2 Å². The van der Waals surface area contributed by atoms with Crippen LogP contribution in [0.3, 0.4) is 0 Å². The van der Waals surface area contributed by atoms with Crippen LogP contribution in [0.15, 0.2) is 40.5 Å². The Morgan fingerprint density at radius 3 is 1.85 bits per heavy atom. The van der Waals surface area contributed by atoms with Crippen LogP contribution in [-0.4, -0.2) is 24.2 Å². The van der Waals surface area contributed by atoms with Gasteiger partial charge in [-0.3, -0.25) is 0 Å². The topological polar surface area (TPSA) is 17.1 Å². The van der Waals surface area contributed by atoms with Crippen LogP contribution in [0.5, 0.6) is 0 Å². The van der Waals surface area contributed by atoms with Crippen LogP contribution in [0.4, 0.5) is 0 Å². The van der Waals surface area contributed by atoms with E-state index in [0.717, 1.165) is 0 Å². The Morgan fingerprint density at radius 2 is 1.42 bits per heavy atom. The fourth-order valence-electron chi connectivity index (χ4n) is 3.84. The van der Waals surface area contributed by atoms with Crippen molar-refractivity contribution in [2.75, 3.05) is 0 Å². The van der Waals surface area contributed by atoms with Crippen molar-refractivity contribution in [1.29, 1.82) is 0 Å². The van der Waals surface area contributed by atoms with Gasteiger partial charge in [0.15, 0.2) is 0 Å². The van der Waals surface area contributed by atoms with Crippen molar-refractivity contribution < 1.29 is 4.79 Å². The van der Waals surface area contributed by atoms with Crippen molar-refractivity contribution in [3.8, 4) is 0 Å². The molecule has 0 aliphatic carbocycles. The number of hydrogen-bond acceptors (Lipinski definition) is 1. The number of unbranched alkanes of at least 4 members (excludes halogenated alkanes) is 3. The van der Waals surface area contributed by atoms with Gasteiger partial charge in [-0.25, -0.2) is 0 Å². The third-order valence-corrected chi connectivity index (χ3v) is 19.6. The molecule has 1 nitrogen and oxygen atoms in total. The van der Waals surface area contributed by atoms with Gasteiger partial charge in [0.1, 0.15) is 0 Å². The van der Waals surface area contributed by atoms with E-state index in [1.807, 2.05) is 0 Å². The van der Waals surface area contributed by atoms with E-state index < -0.39 is 18.4 Å². The number of hydrogen-bond donors (Lipinski definition) is 0. The molecule has 0 radical (unpaired) electrons. The molecule has 2 heteroatoms. The molecule has 1 rings (SSSR count). The summed E-state index contributed by atoms with van der Waals surface area (Å²) in [6, 6.07) is 10.6. The zero-order valence-corrected chi connectivity index (χ0v) is 20.5. The monoisotopic (exact) mass is 464 g/mol. The zero-order valence-electron chi connectivity index (χ0n) is 17.6. The van der Waals surface area contributed by atoms with E-state index in [4.69, 9.17) is 0 Å². The molecule has 1 aromatic carbocycles. The van der Waals surface area contributed by atoms with Gasteiger partial charge in [-0.1, -0.05) is 0 Å². The van der Waals surface area contributed by atoms with Crippen LogP contribution in [-0.2, 0) is 4.79 Å². The summed E-state index contributed by atoms with van der Waals surface area (Å²) >= 11 is -2.27. The first-order chi connectivity index (χ1) is 12.6. The van der Waals surface area contributed by atoms with E-state index in [1.54, 1.807) is 6.92 Å². The predicted molar refractivity (Wildman–Crippen MR) is 119 cm³/mol. The van der Waals surface area contributed by atoms with Crippen LogP contribution in [0.25, 0.3) is 0 Å². The van der Waals surface area contributed by atoms with Crippen LogP contribution in [0, 0.1) is 0 Å². The second-order valence-corrected chi connectivity index (χ2v) is 21.0. The number of benzene rings is 1. The van der Waals surface area contributed by atoms with Gasteiger partial charge < -0.3 is 0 Å². The van der Waals surface area contributed by atoms with Crippen molar-refractivity contribution in [3.05, 3.63) is 46.1 Å². The first-order valence-electron chi connectivity index (χ1n) is 10.8. The maximum atomic E-state index is 11.9. The average molecular weight is 463 g/mol. The maximum absolute atomic E-state index is 11.9. The van der Waals surface area contributed by atoms with Crippen LogP contribution >= 0.6 is 0 Å². The number of allylic oxidation sites excluding steroid dienone is 1. The Labute approximate surface area is 166 Å². The summed E-state index contributed by atoms with van der Waals surface area (Å²) in [4.78, 5) is 11.9. The summed E-state index contributed by atoms with van der Waals surface area (Å²) in [5.41, 5.74) is 1.29. The van der Waals surface area contributed by atoms with Crippen molar-refractivity contribution in [2.24, 2.45) is 0 Å². The van der Waals surface area contributed by atoms with E-state index in [-0.39, 0.29) is 5.92 Å². The molecule has 0 bridgehead atoms. The fraction of sp³-hybridized carbons (Fsp3) is 0.625. The molecule has 1 aromatic rings. The van der Waals surface area contributed by atoms with Gasteiger partial charge >= 0.3 is 167 Å². The Bertz CT molecular complexity index is 498. The van der Waals surface area contributed by atoms with Crippen molar-refractivity contribution in [1.82, 2.24) is 0 Å². The molecule has 0 N–H and O–H groups in total. The van der Waals surface area contributed by atoms with Crippen LogP contribution in [0.1, 0.15) is 84.1 Å². The molecule has 0 aromatic heterocycles. The number of ketones is 1. The Morgan fingerprint density at radius 1 is 0.923 bits per heavy atom. The van der Waals surface area contributed by atoms with Crippen molar-refractivity contribution >= 4 is 24.2 Å². The van der Waals surface area contributed by atoms with Crippen molar-refractivity contribution in [3.63, 3.8) is 0 Å². The average Bonchev–Trinajstić information content (AvgIpc) is 2.66. The minimum absolute atomic E-state index is 0.259. The first-order valence-corrected chi connectivity index (χ1v) is 18.5. The summed E-state index contributed by atoms with van der Waals surface area (Å²) in [7, 11) is 0. The molecular formula is C24H40OSn. The standard InChI is InChI=1S/C12H13O.3C4H9.Sn/c1-3-11(9-10(2)13)12-7-5-4-6-8-12;3*1-3-4-2;/h1,3-8,11H,9H2,2H3;3*1,3-4H2,2H3;. The Balaban J connectivity index is 3.09. The molecule has 0 fully saturated rings. The SMILES string of the molecule is CCC[CH2][Sn](/[CH]=C\C(CC(C)=O)c1ccccc1)([CH2]CCC)[CH2]CCC. The summed E-state index contributed by atoms with van der Waals surface area (Å²) in [6.45, 7) is 8.69. The van der Waals surface area contributed by atoms with Gasteiger partial charge in [-0.15, -0.1) is 0 Å². The van der Waals surface area contributed by atoms with E-state index >= 15 is 0 Å².